The lowest BCUT2D eigenvalue weighted by Gasteiger charge is -2.35. The van der Waals surface area contributed by atoms with Gasteiger partial charge < -0.3 is 30.5 Å². The minimum Gasteiger partial charge on any atom is -0.491 e. The first-order valence-corrected chi connectivity index (χ1v) is 13.3. The zero-order valence-electron chi connectivity index (χ0n) is 21.5. The molecule has 1 saturated heterocycles. The Kier molecular flexibility index (Phi) is 7.68. The number of aromatic nitrogens is 3. The van der Waals surface area contributed by atoms with Crippen molar-refractivity contribution >= 4 is 34.8 Å². The summed E-state index contributed by atoms with van der Waals surface area (Å²) in [5.74, 6) is 2.16. The number of carbonyl (C=O) groups excluding carboxylic acids is 1. The number of hydrogen-bond donors (Lipinski definition) is 2. The number of likely N-dealkylation sites (N-methyl/N-ethyl adjacent to an activating group) is 2. The van der Waals surface area contributed by atoms with Crippen LogP contribution >= 0.6 is 11.6 Å². The van der Waals surface area contributed by atoms with Crippen molar-refractivity contribution in [2.75, 3.05) is 70.2 Å². The van der Waals surface area contributed by atoms with Gasteiger partial charge in [0.1, 0.15) is 24.0 Å². The Morgan fingerprint density at radius 3 is 2.84 bits per heavy atom. The molecule has 3 aromatic rings. The van der Waals surface area contributed by atoms with Crippen molar-refractivity contribution < 1.29 is 9.53 Å². The third-order valence-corrected chi connectivity index (χ3v) is 7.33. The number of nitrogens with two attached hydrogens (primary N) is 1. The molecule has 11 heteroatoms. The van der Waals surface area contributed by atoms with Crippen LogP contribution in [0.3, 0.4) is 0 Å². The van der Waals surface area contributed by atoms with Gasteiger partial charge in [-0.05, 0) is 44.5 Å². The second-order valence-electron chi connectivity index (χ2n) is 9.78. The highest BCUT2D eigenvalue weighted by atomic mass is 35.5. The summed E-state index contributed by atoms with van der Waals surface area (Å²) in [4.78, 5) is 25.0. The summed E-state index contributed by atoms with van der Waals surface area (Å²) in [6.45, 7) is 4.60. The molecule has 0 saturated carbocycles. The SMILES string of the molecule is CN1CCOc2ccc(Cl)cc2C(=O)N2CCCCC2c2cc3nc(NCCN)cc(n3n2)N(C)CC1. The largest absolute Gasteiger partial charge is 0.491 e. The smallest absolute Gasteiger partial charge is 0.258 e. The van der Waals surface area contributed by atoms with Crippen molar-refractivity contribution in [1.29, 1.82) is 0 Å². The maximum absolute atomic E-state index is 13.9. The lowest BCUT2D eigenvalue weighted by Crippen LogP contribution is -2.39. The first-order chi connectivity index (χ1) is 17.9. The van der Waals surface area contributed by atoms with E-state index in [4.69, 9.17) is 32.2 Å². The van der Waals surface area contributed by atoms with Gasteiger partial charge >= 0.3 is 0 Å². The van der Waals surface area contributed by atoms with Gasteiger partial charge in [0.05, 0.1) is 17.3 Å². The zero-order valence-corrected chi connectivity index (χ0v) is 22.2. The molecule has 0 aliphatic carbocycles. The highest BCUT2D eigenvalue weighted by molar-refractivity contribution is 6.31. The summed E-state index contributed by atoms with van der Waals surface area (Å²) in [5, 5.41) is 8.82. The molecule has 2 aromatic heterocycles. The number of fused-ring (bicyclic) bond motifs is 4. The maximum atomic E-state index is 13.9. The molecule has 3 N–H and O–H groups in total. The Morgan fingerprint density at radius 1 is 1.14 bits per heavy atom. The van der Waals surface area contributed by atoms with Crippen molar-refractivity contribution in [1.82, 2.24) is 24.4 Å². The molecular weight excluding hydrogens is 492 g/mol. The van der Waals surface area contributed by atoms with Crippen molar-refractivity contribution in [3.63, 3.8) is 0 Å². The summed E-state index contributed by atoms with van der Waals surface area (Å²) >= 11 is 6.33. The zero-order chi connectivity index (χ0) is 25.9. The molecule has 1 unspecified atom stereocenters. The minimum atomic E-state index is -0.160. The van der Waals surface area contributed by atoms with Gasteiger partial charge in [-0.3, -0.25) is 4.79 Å². The molecule has 0 radical (unpaired) electrons. The average Bonchev–Trinajstić information content (AvgIpc) is 3.34. The Labute approximate surface area is 222 Å². The van der Waals surface area contributed by atoms with E-state index in [9.17, 15) is 4.79 Å². The number of piperidine rings is 1. The number of ether oxygens (including phenoxy) is 1. The van der Waals surface area contributed by atoms with Crippen LogP contribution in [0, 0.1) is 0 Å². The van der Waals surface area contributed by atoms with Crippen LogP contribution in [0.2, 0.25) is 5.02 Å². The molecule has 5 rings (SSSR count). The molecule has 2 aliphatic heterocycles. The fourth-order valence-corrected chi connectivity index (χ4v) is 5.16. The molecule has 1 amide bonds. The number of carbonyl (C=O) groups is 1. The van der Waals surface area contributed by atoms with E-state index in [0.29, 0.717) is 42.6 Å². The highest BCUT2D eigenvalue weighted by Gasteiger charge is 2.32. The van der Waals surface area contributed by atoms with Crippen molar-refractivity contribution in [3.8, 4) is 5.75 Å². The molecule has 10 nitrogen and oxygen atoms in total. The van der Waals surface area contributed by atoms with Gasteiger partial charge in [-0.25, -0.2) is 4.98 Å². The van der Waals surface area contributed by atoms with Crippen molar-refractivity contribution in [2.45, 2.75) is 25.3 Å². The van der Waals surface area contributed by atoms with E-state index in [-0.39, 0.29) is 11.9 Å². The van der Waals surface area contributed by atoms with E-state index < -0.39 is 0 Å². The van der Waals surface area contributed by atoms with Crippen LogP contribution in [0.25, 0.3) is 5.65 Å². The molecular formula is C26H35ClN8O2. The summed E-state index contributed by atoms with van der Waals surface area (Å²) in [6, 6.07) is 9.12. The van der Waals surface area contributed by atoms with Crippen LogP contribution in [-0.4, -0.2) is 90.3 Å². The number of nitrogens with one attached hydrogen (secondary N) is 1. The molecule has 0 spiro atoms. The Morgan fingerprint density at radius 2 is 2.00 bits per heavy atom. The number of hydrogen-bond acceptors (Lipinski definition) is 8. The Balaban J connectivity index is 1.61. The third-order valence-electron chi connectivity index (χ3n) is 7.09. The van der Waals surface area contributed by atoms with Crippen LogP contribution in [0.5, 0.6) is 5.75 Å². The molecule has 1 atom stereocenters. The minimum absolute atomic E-state index is 0.0877. The summed E-state index contributed by atoms with van der Waals surface area (Å²) in [7, 11) is 4.13. The van der Waals surface area contributed by atoms with Crippen LogP contribution < -0.4 is 20.7 Å². The fourth-order valence-electron chi connectivity index (χ4n) is 4.99. The molecule has 1 fully saturated rings. The van der Waals surface area contributed by atoms with Gasteiger partial charge in [-0.1, -0.05) is 11.6 Å². The number of rotatable bonds is 3. The van der Waals surface area contributed by atoms with Crippen molar-refractivity contribution in [2.24, 2.45) is 5.73 Å². The first kappa shape index (κ1) is 25.6. The Hall–Kier alpha value is -3.08. The lowest BCUT2D eigenvalue weighted by molar-refractivity contribution is 0.0601. The normalized spacial score (nSPS) is 19.6. The number of halogens is 1. The second kappa shape index (κ2) is 11.1. The predicted octanol–water partition coefficient (Wildman–Crippen LogP) is 2.88. The highest BCUT2D eigenvalue weighted by Crippen LogP contribution is 2.35. The third kappa shape index (κ3) is 5.46. The van der Waals surface area contributed by atoms with E-state index in [1.54, 1.807) is 18.2 Å². The average molecular weight is 527 g/mol. The van der Waals surface area contributed by atoms with Gasteiger partial charge in [-0.15, -0.1) is 0 Å². The van der Waals surface area contributed by atoms with Crippen LogP contribution in [-0.2, 0) is 0 Å². The second-order valence-corrected chi connectivity index (χ2v) is 10.2. The molecule has 37 heavy (non-hydrogen) atoms. The van der Waals surface area contributed by atoms with Crippen LogP contribution in [0.4, 0.5) is 11.6 Å². The fraction of sp³-hybridized carbons (Fsp3) is 0.500. The Bertz CT molecular complexity index is 1260. The van der Waals surface area contributed by atoms with E-state index in [1.807, 2.05) is 21.5 Å². The van der Waals surface area contributed by atoms with E-state index in [0.717, 1.165) is 61.9 Å². The summed E-state index contributed by atoms with van der Waals surface area (Å²) in [5.41, 5.74) is 7.78. The molecule has 2 bridgehead atoms. The van der Waals surface area contributed by atoms with Gasteiger partial charge in [0.15, 0.2) is 5.65 Å². The topological polar surface area (TPSA) is 104 Å². The number of anilines is 2. The van der Waals surface area contributed by atoms with Crippen LogP contribution in [0.15, 0.2) is 30.3 Å². The number of amides is 1. The number of nitrogens with zero attached hydrogens (tertiary/aromatic N) is 6. The monoisotopic (exact) mass is 526 g/mol. The maximum Gasteiger partial charge on any atom is 0.258 e. The van der Waals surface area contributed by atoms with Gasteiger partial charge in [0, 0.05) is 63.5 Å². The molecule has 2 aliphatic rings. The van der Waals surface area contributed by atoms with E-state index in [1.165, 1.54) is 0 Å². The lowest BCUT2D eigenvalue weighted by atomic mass is 9.98. The van der Waals surface area contributed by atoms with Crippen molar-refractivity contribution in [3.05, 3.63) is 46.6 Å². The quantitative estimate of drug-likeness (QED) is 0.537. The molecule has 4 heterocycles. The summed E-state index contributed by atoms with van der Waals surface area (Å²) in [6.07, 6.45) is 2.80. The van der Waals surface area contributed by atoms with Gasteiger partial charge in [0.25, 0.3) is 5.91 Å². The van der Waals surface area contributed by atoms with Gasteiger partial charge in [-0.2, -0.15) is 9.61 Å². The van der Waals surface area contributed by atoms with E-state index >= 15 is 0 Å². The molecule has 198 valence electrons. The standard InChI is InChI=1S/C26H35ClN8O2/c1-32-11-12-33(2)25-17-23(29-9-8-28)30-24-16-20(31-35(24)25)21-5-3-4-10-34(21)26(36)19-15-18(27)6-7-22(19)37-14-13-32/h6-7,15-17,21H,3-5,8-14,28H2,1-2H3,(H,29,30). The number of benzene rings is 1. The molecule has 1 aromatic carbocycles. The first-order valence-electron chi connectivity index (χ1n) is 12.9. The van der Waals surface area contributed by atoms with Crippen LogP contribution in [0.1, 0.15) is 41.4 Å². The predicted molar refractivity (Wildman–Crippen MR) is 146 cm³/mol. The van der Waals surface area contributed by atoms with Gasteiger partial charge in [0.2, 0.25) is 0 Å². The van der Waals surface area contributed by atoms with E-state index in [2.05, 4.69) is 29.2 Å². The summed E-state index contributed by atoms with van der Waals surface area (Å²) < 4.78 is 8.00.